The summed E-state index contributed by atoms with van der Waals surface area (Å²) in [5.74, 6) is 0.850. The molecule has 0 saturated heterocycles. The topological polar surface area (TPSA) is 30.7 Å². The molecular formula is C11H13N3S. The molecule has 0 amide bonds. The van der Waals surface area contributed by atoms with Crippen LogP contribution in [0.15, 0.2) is 23.4 Å². The molecule has 0 aliphatic carbocycles. The molecular weight excluding hydrogens is 206 g/mol. The van der Waals surface area contributed by atoms with Gasteiger partial charge < -0.3 is 0 Å². The van der Waals surface area contributed by atoms with Crippen molar-refractivity contribution >= 4 is 12.6 Å². The van der Waals surface area contributed by atoms with Gasteiger partial charge in [0.05, 0.1) is 0 Å². The van der Waals surface area contributed by atoms with E-state index in [-0.39, 0.29) is 0 Å². The molecule has 0 saturated carbocycles. The van der Waals surface area contributed by atoms with Crippen LogP contribution in [0.2, 0.25) is 0 Å². The molecule has 1 heterocycles. The van der Waals surface area contributed by atoms with Gasteiger partial charge in [-0.15, -0.1) is 22.8 Å². The van der Waals surface area contributed by atoms with Crippen LogP contribution in [0.25, 0.3) is 5.69 Å². The maximum Gasteiger partial charge on any atom is 0.192 e. The van der Waals surface area contributed by atoms with Crippen LogP contribution in [0.3, 0.4) is 0 Å². The van der Waals surface area contributed by atoms with Crippen LogP contribution >= 0.6 is 12.6 Å². The fourth-order valence-electron chi connectivity index (χ4n) is 1.52. The van der Waals surface area contributed by atoms with E-state index in [1.165, 1.54) is 11.1 Å². The maximum atomic E-state index is 4.28. The number of aromatic nitrogens is 3. The lowest BCUT2D eigenvalue weighted by atomic mass is 10.1. The number of hydrogen-bond donors (Lipinski definition) is 1. The van der Waals surface area contributed by atoms with Gasteiger partial charge in [0.2, 0.25) is 0 Å². The van der Waals surface area contributed by atoms with Crippen LogP contribution in [0.5, 0.6) is 0 Å². The quantitative estimate of drug-likeness (QED) is 0.747. The fourth-order valence-corrected chi connectivity index (χ4v) is 1.82. The summed E-state index contributed by atoms with van der Waals surface area (Å²) in [5, 5.41) is 8.52. The van der Waals surface area contributed by atoms with Gasteiger partial charge in [-0.1, -0.05) is 6.07 Å². The second-order valence-corrected chi connectivity index (χ2v) is 4.05. The Balaban J connectivity index is 2.59. The molecule has 0 radical (unpaired) electrons. The third kappa shape index (κ3) is 1.77. The largest absolute Gasteiger partial charge is 0.274 e. The molecule has 0 N–H and O–H groups in total. The summed E-state index contributed by atoms with van der Waals surface area (Å²) in [6.45, 7) is 6.11. The predicted molar refractivity (Wildman–Crippen MR) is 62.8 cm³/mol. The second kappa shape index (κ2) is 3.70. The smallest absolute Gasteiger partial charge is 0.192 e. The van der Waals surface area contributed by atoms with E-state index >= 15 is 0 Å². The molecule has 78 valence electrons. The van der Waals surface area contributed by atoms with Crippen molar-refractivity contribution in [2.24, 2.45) is 0 Å². The highest BCUT2D eigenvalue weighted by Gasteiger charge is 2.07. The number of aryl methyl sites for hydroxylation is 3. The molecule has 0 atom stereocenters. The number of benzene rings is 1. The molecule has 2 rings (SSSR count). The highest BCUT2D eigenvalue weighted by atomic mass is 32.1. The van der Waals surface area contributed by atoms with Crippen molar-refractivity contribution < 1.29 is 0 Å². The summed E-state index contributed by atoms with van der Waals surface area (Å²) in [6, 6.07) is 6.27. The minimum Gasteiger partial charge on any atom is -0.274 e. The van der Waals surface area contributed by atoms with Gasteiger partial charge in [0.15, 0.2) is 5.16 Å². The summed E-state index contributed by atoms with van der Waals surface area (Å²) in [6.07, 6.45) is 0. The Morgan fingerprint density at radius 3 is 2.33 bits per heavy atom. The first kappa shape index (κ1) is 10.2. The van der Waals surface area contributed by atoms with Gasteiger partial charge in [0, 0.05) is 5.69 Å². The molecule has 1 aromatic carbocycles. The van der Waals surface area contributed by atoms with Crippen molar-refractivity contribution in [2.75, 3.05) is 0 Å². The molecule has 4 heteroatoms. The van der Waals surface area contributed by atoms with E-state index in [0.717, 1.165) is 11.5 Å². The fraction of sp³-hybridized carbons (Fsp3) is 0.273. The highest BCUT2D eigenvalue weighted by molar-refractivity contribution is 7.80. The van der Waals surface area contributed by atoms with Gasteiger partial charge >= 0.3 is 0 Å². The first-order valence-electron chi connectivity index (χ1n) is 4.78. The second-order valence-electron chi connectivity index (χ2n) is 3.65. The summed E-state index contributed by atoms with van der Waals surface area (Å²) < 4.78 is 1.93. The Morgan fingerprint density at radius 2 is 1.80 bits per heavy atom. The van der Waals surface area contributed by atoms with Gasteiger partial charge in [-0.05, 0) is 44.0 Å². The normalized spacial score (nSPS) is 10.7. The zero-order valence-corrected chi connectivity index (χ0v) is 9.92. The van der Waals surface area contributed by atoms with E-state index in [1.54, 1.807) is 0 Å². The minimum atomic E-state index is 0.621. The van der Waals surface area contributed by atoms with Crippen molar-refractivity contribution in [3.8, 4) is 5.69 Å². The number of rotatable bonds is 1. The van der Waals surface area contributed by atoms with Gasteiger partial charge in [0.25, 0.3) is 0 Å². The predicted octanol–water partition coefficient (Wildman–Crippen LogP) is 2.48. The third-order valence-electron chi connectivity index (χ3n) is 2.56. The van der Waals surface area contributed by atoms with Crippen LogP contribution in [-0.2, 0) is 0 Å². The van der Waals surface area contributed by atoms with E-state index < -0.39 is 0 Å². The van der Waals surface area contributed by atoms with Gasteiger partial charge in [0.1, 0.15) is 5.82 Å². The van der Waals surface area contributed by atoms with E-state index in [2.05, 4.69) is 54.9 Å². The van der Waals surface area contributed by atoms with E-state index in [9.17, 15) is 0 Å². The summed E-state index contributed by atoms with van der Waals surface area (Å²) >= 11 is 4.28. The monoisotopic (exact) mass is 219 g/mol. The molecule has 0 spiro atoms. The van der Waals surface area contributed by atoms with Crippen LogP contribution in [0.1, 0.15) is 17.0 Å². The van der Waals surface area contributed by atoms with Crippen LogP contribution in [-0.4, -0.2) is 14.8 Å². The Morgan fingerprint density at radius 1 is 1.07 bits per heavy atom. The molecule has 1 aromatic heterocycles. The number of nitrogens with zero attached hydrogens (tertiary/aromatic N) is 3. The van der Waals surface area contributed by atoms with Crippen LogP contribution < -0.4 is 0 Å². The molecule has 0 aliphatic rings. The lowest BCUT2D eigenvalue weighted by Gasteiger charge is -2.08. The first-order valence-corrected chi connectivity index (χ1v) is 5.23. The number of thiol groups is 1. The van der Waals surface area contributed by atoms with Crippen molar-refractivity contribution in [2.45, 2.75) is 25.9 Å². The van der Waals surface area contributed by atoms with Crippen molar-refractivity contribution in [3.05, 3.63) is 35.2 Å². The van der Waals surface area contributed by atoms with Crippen molar-refractivity contribution in [1.82, 2.24) is 14.8 Å². The summed E-state index contributed by atoms with van der Waals surface area (Å²) in [4.78, 5) is 0. The molecule has 0 aliphatic heterocycles. The molecule has 2 aromatic rings. The highest BCUT2D eigenvalue weighted by Crippen LogP contribution is 2.18. The average Bonchev–Trinajstić information content (AvgIpc) is 2.52. The first-order chi connectivity index (χ1) is 7.09. The average molecular weight is 219 g/mol. The minimum absolute atomic E-state index is 0.621. The molecule has 0 unspecified atom stereocenters. The van der Waals surface area contributed by atoms with Crippen molar-refractivity contribution in [1.29, 1.82) is 0 Å². The molecule has 3 nitrogen and oxygen atoms in total. The summed E-state index contributed by atoms with van der Waals surface area (Å²) in [5.41, 5.74) is 3.60. The number of hydrogen-bond acceptors (Lipinski definition) is 3. The zero-order chi connectivity index (χ0) is 11.0. The Hall–Kier alpha value is -1.29. The van der Waals surface area contributed by atoms with E-state index in [0.29, 0.717) is 5.16 Å². The molecule has 0 bridgehead atoms. The molecule has 15 heavy (non-hydrogen) atoms. The third-order valence-corrected chi connectivity index (χ3v) is 2.85. The van der Waals surface area contributed by atoms with Gasteiger partial charge in [-0.2, -0.15) is 0 Å². The maximum absolute atomic E-state index is 4.28. The van der Waals surface area contributed by atoms with E-state index in [1.807, 2.05) is 11.5 Å². The Kier molecular flexibility index (Phi) is 2.52. The summed E-state index contributed by atoms with van der Waals surface area (Å²) in [7, 11) is 0. The lowest BCUT2D eigenvalue weighted by Crippen LogP contribution is -1.98. The Bertz CT molecular complexity index is 483. The van der Waals surface area contributed by atoms with Gasteiger partial charge in [-0.25, -0.2) is 0 Å². The van der Waals surface area contributed by atoms with Crippen LogP contribution in [0.4, 0.5) is 0 Å². The lowest BCUT2D eigenvalue weighted by molar-refractivity contribution is 0.872. The standard InChI is InChI=1S/C11H13N3S/c1-7-4-5-10(6-8(7)2)14-9(3)12-13-11(14)15/h4-6H,1-3H3,(H,13,15). The zero-order valence-electron chi connectivity index (χ0n) is 9.02. The van der Waals surface area contributed by atoms with Crippen LogP contribution in [0, 0.1) is 20.8 Å². The van der Waals surface area contributed by atoms with E-state index in [4.69, 9.17) is 0 Å². The molecule has 0 fully saturated rings. The van der Waals surface area contributed by atoms with Crippen molar-refractivity contribution in [3.63, 3.8) is 0 Å². The SMILES string of the molecule is Cc1ccc(-n2c(C)nnc2S)cc1C. The van der Waals surface area contributed by atoms with Gasteiger partial charge in [-0.3, -0.25) is 4.57 Å². The Labute approximate surface area is 94.6 Å².